The van der Waals surface area contributed by atoms with Crippen molar-refractivity contribution < 1.29 is 4.79 Å². The van der Waals surface area contributed by atoms with Crippen molar-refractivity contribution in [2.75, 3.05) is 27.2 Å². The van der Waals surface area contributed by atoms with Gasteiger partial charge in [0.25, 0.3) is 0 Å². The Hall–Kier alpha value is -0.570. The van der Waals surface area contributed by atoms with Crippen molar-refractivity contribution in [3.05, 3.63) is 0 Å². The summed E-state index contributed by atoms with van der Waals surface area (Å²) in [5.41, 5.74) is 0. The lowest BCUT2D eigenvalue weighted by atomic mass is 9.81. The summed E-state index contributed by atoms with van der Waals surface area (Å²) >= 11 is 0. The van der Waals surface area contributed by atoms with Crippen LogP contribution in [0.15, 0.2) is 0 Å². The zero-order chi connectivity index (χ0) is 12.0. The molecule has 3 nitrogen and oxygen atoms in total. The van der Waals surface area contributed by atoms with Gasteiger partial charge in [-0.1, -0.05) is 32.6 Å². The predicted octanol–water partition coefficient (Wildman–Crippen LogP) is 1.88. The van der Waals surface area contributed by atoms with E-state index >= 15 is 0 Å². The minimum Gasteiger partial charge on any atom is -0.348 e. The molecular formula is C13H26N2O. The van der Waals surface area contributed by atoms with Crippen LogP contribution in [0, 0.1) is 11.8 Å². The Morgan fingerprint density at radius 1 is 1.25 bits per heavy atom. The van der Waals surface area contributed by atoms with Crippen molar-refractivity contribution in [1.82, 2.24) is 10.2 Å². The first-order valence-corrected chi connectivity index (χ1v) is 6.50. The van der Waals surface area contributed by atoms with E-state index in [9.17, 15) is 4.79 Å². The zero-order valence-corrected chi connectivity index (χ0v) is 11.0. The van der Waals surface area contributed by atoms with Gasteiger partial charge in [0.05, 0.1) is 6.54 Å². The Morgan fingerprint density at radius 2 is 1.88 bits per heavy atom. The Morgan fingerprint density at radius 3 is 2.44 bits per heavy atom. The summed E-state index contributed by atoms with van der Waals surface area (Å²) in [6.07, 6.45) is 6.77. The lowest BCUT2D eigenvalue weighted by Gasteiger charge is -2.26. The minimum absolute atomic E-state index is 0.164. The number of nitrogens with one attached hydrogen (secondary N) is 1. The number of amides is 1. The quantitative estimate of drug-likeness (QED) is 0.726. The van der Waals surface area contributed by atoms with E-state index in [1.165, 1.54) is 32.1 Å². The highest BCUT2D eigenvalue weighted by Gasteiger charge is 2.17. The van der Waals surface area contributed by atoms with E-state index in [0.717, 1.165) is 18.4 Å². The Labute approximate surface area is 99.6 Å². The van der Waals surface area contributed by atoms with Crippen LogP contribution in [0.3, 0.4) is 0 Å². The van der Waals surface area contributed by atoms with Gasteiger partial charge in [0, 0.05) is 14.1 Å². The molecule has 1 amide bonds. The second-order valence-corrected chi connectivity index (χ2v) is 5.38. The van der Waals surface area contributed by atoms with Gasteiger partial charge in [-0.15, -0.1) is 0 Å². The highest BCUT2D eigenvalue weighted by atomic mass is 16.2. The van der Waals surface area contributed by atoms with Crippen LogP contribution in [0.5, 0.6) is 0 Å². The molecule has 0 aromatic carbocycles. The molecule has 0 aliphatic heterocycles. The van der Waals surface area contributed by atoms with Gasteiger partial charge in [-0.05, 0) is 24.8 Å². The van der Waals surface area contributed by atoms with Gasteiger partial charge in [-0.25, -0.2) is 0 Å². The monoisotopic (exact) mass is 226 g/mol. The van der Waals surface area contributed by atoms with Crippen molar-refractivity contribution in [3.63, 3.8) is 0 Å². The fourth-order valence-corrected chi connectivity index (χ4v) is 2.28. The molecule has 0 aromatic heterocycles. The summed E-state index contributed by atoms with van der Waals surface area (Å²) in [6.45, 7) is 3.82. The summed E-state index contributed by atoms with van der Waals surface area (Å²) in [4.78, 5) is 12.9. The van der Waals surface area contributed by atoms with Crippen LogP contribution in [-0.2, 0) is 4.79 Å². The molecular weight excluding hydrogens is 200 g/mol. The first kappa shape index (κ1) is 13.5. The average Bonchev–Trinajstić information content (AvgIpc) is 2.26. The Bertz CT molecular complexity index is 208. The van der Waals surface area contributed by atoms with E-state index in [-0.39, 0.29) is 5.91 Å². The molecule has 0 radical (unpaired) electrons. The lowest BCUT2D eigenvalue weighted by Crippen LogP contribution is -2.34. The average molecular weight is 226 g/mol. The molecule has 1 aliphatic carbocycles. The summed E-state index contributed by atoms with van der Waals surface area (Å²) in [5.74, 6) is 1.98. The van der Waals surface area contributed by atoms with E-state index in [0.29, 0.717) is 6.54 Å². The van der Waals surface area contributed by atoms with E-state index in [2.05, 4.69) is 12.2 Å². The van der Waals surface area contributed by atoms with Crippen molar-refractivity contribution in [1.29, 1.82) is 0 Å². The lowest BCUT2D eigenvalue weighted by molar-refractivity contribution is -0.127. The van der Waals surface area contributed by atoms with Crippen LogP contribution >= 0.6 is 0 Å². The molecule has 0 bridgehead atoms. The molecule has 0 saturated heterocycles. The predicted molar refractivity (Wildman–Crippen MR) is 67.3 cm³/mol. The van der Waals surface area contributed by atoms with Gasteiger partial charge in [-0.2, -0.15) is 0 Å². The van der Waals surface area contributed by atoms with Gasteiger partial charge in [-0.3, -0.25) is 4.79 Å². The number of rotatable bonds is 5. The molecule has 0 spiro atoms. The molecule has 1 N–H and O–H groups in total. The molecule has 16 heavy (non-hydrogen) atoms. The highest BCUT2D eigenvalue weighted by molar-refractivity contribution is 5.77. The maximum Gasteiger partial charge on any atom is 0.236 e. The largest absolute Gasteiger partial charge is 0.348 e. The second kappa shape index (κ2) is 6.89. The van der Waals surface area contributed by atoms with Gasteiger partial charge in [0.2, 0.25) is 5.91 Å². The topological polar surface area (TPSA) is 32.3 Å². The molecule has 0 unspecified atom stereocenters. The van der Waals surface area contributed by atoms with E-state index in [1.54, 1.807) is 19.0 Å². The number of hydrogen-bond acceptors (Lipinski definition) is 2. The molecule has 1 fully saturated rings. The molecule has 1 saturated carbocycles. The summed E-state index contributed by atoms with van der Waals surface area (Å²) in [7, 11) is 3.60. The smallest absolute Gasteiger partial charge is 0.236 e. The van der Waals surface area contributed by atoms with Crippen LogP contribution < -0.4 is 5.32 Å². The fraction of sp³-hybridized carbons (Fsp3) is 0.923. The normalized spacial score (nSPS) is 25.4. The molecule has 1 rings (SSSR count). The fourth-order valence-electron chi connectivity index (χ4n) is 2.28. The molecule has 0 atom stereocenters. The summed E-state index contributed by atoms with van der Waals surface area (Å²) in [6, 6.07) is 0. The molecule has 94 valence electrons. The number of carbonyl (C=O) groups is 1. The van der Waals surface area contributed by atoms with Crippen molar-refractivity contribution in [2.45, 2.75) is 39.0 Å². The SMILES string of the molecule is CC1CCC(CCNCC(=O)N(C)C)CC1. The third-order valence-electron chi connectivity index (χ3n) is 3.64. The minimum atomic E-state index is 0.164. The third-order valence-corrected chi connectivity index (χ3v) is 3.64. The third kappa shape index (κ3) is 4.97. The van der Waals surface area contributed by atoms with Gasteiger partial charge in [0.15, 0.2) is 0 Å². The summed E-state index contributed by atoms with van der Waals surface area (Å²) in [5, 5.41) is 3.23. The number of nitrogens with zero attached hydrogens (tertiary/aromatic N) is 1. The Kier molecular flexibility index (Phi) is 5.81. The van der Waals surface area contributed by atoms with Gasteiger partial charge >= 0.3 is 0 Å². The Balaban J connectivity index is 2.01. The number of likely N-dealkylation sites (N-methyl/N-ethyl adjacent to an activating group) is 1. The summed E-state index contributed by atoms with van der Waals surface area (Å²) < 4.78 is 0. The van der Waals surface area contributed by atoms with E-state index in [4.69, 9.17) is 0 Å². The van der Waals surface area contributed by atoms with Crippen LogP contribution in [0.25, 0.3) is 0 Å². The van der Waals surface area contributed by atoms with Crippen molar-refractivity contribution in [3.8, 4) is 0 Å². The van der Waals surface area contributed by atoms with Crippen LogP contribution in [-0.4, -0.2) is 38.0 Å². The number of carbonyl (C=O) groups excluding carboxylic acids is 1. The molecule has 1 aliphatic rings. The van der Waals surface area contributed by atoms with Crippen LogP contribution in [0.1, 0.15) is 39.0 Å². The van der Waals surface area contributed by atoms with Crippen molar-refractivity contribution in [2.24, 2.45) is 11.8 Å². The first-order valence-electron chi connectivity index (χ1n) is 6.50. The van der Waals surface area contributed by atoms with Gasteiger partial charge in [0.1, 0.15) is 0 Å². The maximum atomic E-state index is 11.3. The van der Waals surface area contributed by atoms with Crippen molar-refractivity contribution >= 4 is 5.91 Å². The molecule has 0 aromatic rings. The van der Waals surface area contributed by atoms with Crippen LogP contribution in [0.4, 0.5) is 0 Å². The standard InChI is InChI=1S/C13H26N2O/c1-11-4-6-12(7-5-11)8-9-14-10-13(16)15(2)3/h11-12,14H,4-10H2,1-3H3. The second-order valence-electron chi connectivity index (χ2n) is 5.38. The van der Waals surface area contributed by atoms with Crippen LogP contribution in [0.2, 0.25) is 0 Å². The number of hydrogen-bond donors (Lipinski definition) is 1. The van der Waals surface area contributed by atoms with E-state index in [1.807, 2.05) is 0 Å². The molecule has 3 heteroatoms. The first-order chi connectivity index (χ1) is 7.59. The molecule has 0 heterocycles. The maximum absolute atomic E-state index is 11.3. The highest BCUT2D eigenvalue weighted by Crippen LogP contribution is 2.29. The van der Waals surface area contributed by atoms with E-state index < -0.39 is 0 Å². The van der Waals surface area contributed by atoms with Gasteiger partial charge < -0.3 is 10.2 Å². The zero-order valence-electron chi connectivity index (χ0n) is 11.0.